The van der Waals surface area contributed by atoms with E-state index in [1.54, 1.807) is 12.1 Å². The lowest BCUT2D eigenvalue weighted by Crippen LogP contribution is -2.69. The number of phenols is 1. The quantitative estimate of drug-likeness (QED) is 0.165. The Labute approximate surface area is 327 Å². The molecule has 14 atom stereocenters. The molecule has 7 aliphatic rings. The number of aliphatic hydroxyl groups is 2. The molecule has 5 saturated carbocycles. The van der Waals surface area contributed by atoms with Gasteiger partial charge < -0.3 is 25.8 Å². The first-order valence-corrected chi connectivity index (χ1v) is 21.5. The first-order chi connectivity index (χ1) is 26.0. The molecular formula is C48H63NO6. The molecule has 0 amide bonds. The van der Waals surface area contributed by atoms with Gasteiger partial charge in [0.05, 0.1) is 17.8 Å². The number of epoxide rings is 1. The Hall–Kier alpha value is -3.00. The van der Waals surface area contributed by atoms with Crippen LogP contribution in [0.2, 0.25) is 0 Å². The second-order valence-corrected chi connectivity index (χ2v) is 20.6. The lowest BCUT2D eigenvalue weighted by molar-refractivity contribution is -0.239. The van der Waals surface area contributed by atoms with Crippen LogP contribution in [-0.4, -0.2) is 50.8 Å². The van der Waals surface area contributed by atoms with Crippen LogP contribution in [0.1, 0.15) is 135 Å². The molecule has 1 aliphatic heterocycles. The third-order valence-corrected chi connectivity index (χ3v) is 17.8. The molecule has 1 spiro atoms. The summed E-state index contributed by atoms with van der Waals surface area (Å²) < 4.78 is 6.48. The first-order valence-electron chi connectivity index (χ1n) is 21.5. The molecule has 6 aliphatic carbocycles. The number of ether oxygens (including phenoxy) is 1. The van der Waals surface area contributed by atoms with Crippen molar-refractivity contribution in [1.82, 2.24) is 0 Å². The van der Waals surface area contributed by atoms with Gasteiger partial charge in [0.1, 0.15) is 17.6 Å². The Morgan fingerprint density at radius 1 is 0.927 bits per heavy atom. The Kier molecular flexibility index (Phi) is 8.54. The standard InChI is InChI=1S/C48H63NO6/c1-26(21-36(51)43-47(6,55-43)33-16-9-15-31(33)27-11-7-13-29(49)22-27)39-34-18-19-38-45(4)24-32(28-12-8-14-30(50)23-28)42(54)44(2,3)41(45)37(52)25-48(38)20-10-17-35(40(39)53)46(34,48)5/h7-8,11-14,22-23,26,31-33,35-38,41,43,50-52H,9-10,15-21,24-25,49H2,1-6H3. The highest BCUT2D eigenvalue weighted by atomic mass is 16.6. The van der Waals surface area contributed by atoms with E-state index in [-0.39, 0.29) is 69.3 Å². The minimum atomic E-state index is -0.747. The number of ketones is 2. The van der Waals surface area contributed by atoms with Gasteiger partial charge in [0.25, 0.3) is 0 Å². The minimum Gasteiger partial charge on any atom is -0.508 e. The zero-order valence-electron chi connectivity index (χ0n) is 33.8. The summed E-state index contributed by atoms with van der Waals surface area (Å²) in [5, 5.41) is 34.8. The molecule has 14 unspecified atom stereocenters. The molecule has 55 heavy (non-hydrogen) atoms. The van der Waals surface area contributed by atoms with E-state index in [0.717, 1.165) is 68.2 Å². The third kappa shape index (κ3) is 5.10. The van der Waals surface area contributed by atoms with E-state index in [1.165, 1.54) is 11.1 Å². The number of aromatic hydroxyl groups is 1. The Morgan fingerprint density at radius 3 is 2.42 bits per heavy atom. The van der Waals surface area contributed by atoms with Gasteiger partial charge in [0.2, 0.25) is 0 Å². The van der Waals surface area contributed by atoms with Crippen LogP contribution in [-0.2, 0) is 14.3 Å². The number of nitrogens with two attached hydrogens (primary N) is 1. The summed E-state index contributed by atoms with van der Waals surface area (Å²) in [6.07, 6.45) is 8.00. The fourth-order valence-corrected chi connectivity index (χ4v) is 15.8. The number of nitrogen functional groups attached to an aromatic ring is 1. The van der Waals surface area contributed by atoms with Gasteiger partial charge in [0.15, 0.2) is 5.78 Å². The monoisotopic (exact) mass is 749 g/mol. The zero-order valence-corrected chi connectivity index (χ0v) is 33.8. The highest BCUT2D eigenvalue weighted by Crippen LogP contribution is 2.78. The predicted molar refractivity (Wildman–Crippen MR) is 213 cm³/mol. The number of Topliss-reactive ketones (excluding diaryl/α,β-unsaturated/α-hetero) is 2. The van der Waals surface area contributed by atoms with Gasteiger partial charge >= 0.3 is 0 Å². The van der Waals surface area contributed by atoms with E-state index in [4.69, 9.17) is 10.5 Å². The average molecular weight is 750 g/mol. The molecule has 2 aromatic rings. The Morgan fingerprint density at radius 2 is 1.67 bits per heavy atom. The molecule has 7 heteroatoms. The molecule has 1 heterocycles. The molecule has 6 fully saturated rings. The van der Waals surface area contributed by atoms with Gasteiger partial charge in [-0.25, -0.2) is 0 Å². The first kappa shape index (κ1) is 37.6. The van der Waals surface area contributed by atoms with Crippen LogP contribution in [0.3, 0.4) is 0 Å². The largest absolute Gasteiger partial charge is 0.508 e. The van der Waals surface area contributed by atoms with E-state index in [9.17, 15) is 24.9 Å². The van der Waals surface area contributed by atoms with E-state index in [2.05, 4.69) is 39.8 Å². The van der Waals surface area contributed by atoms with Crippen molar-refractivity contribution < 1.29 is 29.6 Å². The number of rotatable bonds is 7. The molecule has 0 bridgehead atoms. The number of hydrogen-bond donors (Lipinski definition) is 4. The van der Waals surface area contributed by atoms with Gasteiger partial charge in [0, 0.05) is 34.3 Å². The highest BCUT2D eigenvalue weighted by molar-refractivity contribution is 6.03. The number of aliphatic hydroxyl groups excluding tert-OH is 2. The molecule has 7 nitrogen and oxygen atoms in total. The summed E-state index contributed by atoms with van der Waals surface area (Å²) in [4.78, 5) is 29.2. The smallest absolute Gasteiger partial charge is 0.163 e. The van der Waals surface area contributed by atoms with E-state index >= 15 is 0 Å². The number of phenolic OH excluding ortho intramolecular Hbond substituents is 1. The molecule has 296 valence electrons. The molecule has 9 rings (SSSR count). The number of carbonyl (C=O) groups excluding carboxylic acids is 2. The van der Waals surface area contributed by atoms with Gasteiger partial charge in [-0.2, -0.15) is 0 Å². The number of carbonyl (C=O) groups is 2. The summed E-state index contributed by atoms with van der Waals surface area (Å²) in [6.45, 7) is 13.1. The van der Waals surface area contributed by atoms with Crippen molar-refractivity contribution in [2.45, 2.75) is 148 Å². The van der Waals surface area contributed by atoms with Crippen LogP contribution in [0.25, 0.3) is 0 Å². The number of benzene rings is 2. The van der Waals surface area contributed by atoms with Crippen LogP contribution < -0.4 is 5.73 Å². The Balaban J connectivity index is 1.02. The number of hydrogen-bond acceptors (Lipinski definition) is 7. The summed E-state index contributed by atoms with van der Waals surface area (Å²) in [5.41, 5.74) is 9.18. The second kappa shape index (κ2) is 12.5. The summed E-state index contributed by atoms with van der Waals surface area (Å²) >= 11 is 0. The maximum Gasteiger partial charge on any atom is 0.163 e. The van der Waals surface area contributed by atoms with Crippen LogP contribution in [0.5, 0.6) is 5.75 Å². The average Bonchev–Trinajstić information content (AvgIpc) is 3.46. The molecule has 1 saturated heterocycles. The van der Waals surface area contributed by atoms with Crippen molar-refractivity contribution in [1.29, 1.82) is 0 Å². The number of allylic oxidation sites excluding steroid dienone is 2. The van der Waals surface area contributed by atoms with Gasteiger partial charge in [-0.05, 0) is 140 Å². The molecule has 0 aromatic heterocycles. The van der Waals surface area contributed by atoms with Crippen molar-refractivity contribution >= 4 is 17.3 Å². The van der Waals surface area contributed by atoms with Crippen LogP contribution in [0.4, 0.5) is 5.69 Å². The number of fused-ring (bicyclic) bond motifs is 2. The van der Waals surface area contributed by atoms with E-state index in [1.807, 2.05) is 38.1 Å². The van der Waals surface area contributed by atoms with Gasteiger partial charge in [-0.3, -0.25) is 9.59 Å². The Bertz CT molecular complexity index is 1950. The van der Waals surface area contributed by atoms with E-state index < -0.39 is 23.2 Å². The van der Waals surface area contributed by atoms with Crippen molar-refractivity contribution in [3.63, 3.8) is 0 Å². The molecule has 0 radical (unpaired) electrons. The second-order valence-electron chi connectivity index (χ2n) is 20.6. The summed E-state index contributed by atoms with van der Waals surface area (Å²) in [5.74, 6) is 0.712. The summed E-state index contributed by atoms with van der Waals surface area (Å²) in [7, 11) is 0. The van der Waals surface area contributed by atoms with Crippen molar-refractivity contribution in [2.75, 3.05) is 5.73 Å². The van der Waals surface area contributed by atoms with Crippen LogP contribution in [0, 0.1) is 51.2 Å². The van der Waals surface area contributed by atoms with Crippen molar-refractivity contribution in [3.8, 4) is 5.75 Å². The fourth-order valence-electron chi connectivity index (χ4n) is 15.8. The number of anilines is 1. The topological polar surface area (TPSA) is 133 Å². The fraction of sp³-hybridized carbons (Fsp3) is 0.667. The predicted octanol–water partition coefficient (Wildman–Crippen LogP) is 8.65. The molecule has 2 aromatic carbocycles. The lowest BCUT2D eigenvalue weighted by Gasteiger charge is -2.72. The third-order valence-electron chi connectivity index (χ3n) is 17.8. The molecule has 5 N–H and O–H groups in total. The van der Waals surface area contributed by atoms with Gasteiger partial charge in [-0.15, -0.1) is 0 Å². The molecular weight excluding hydrogens is 687 g/mol. The van der Waals surface area contributed by atoms with Crippen molar-refractivity contribution in [2.24, 2.45) is 51.2 Å². The maximum absolute atomic E-state index is 14.9. The lowest BCUT2D eigenvalue weighted by atomic mass is 9.32. The van der Waals surface area contributed by atoms with Crippen LogP contribution in [0.15, 0.2) is 59.7 Å². The normalized spacial score (nSPS) is 44.1. The van der Waals surface area contributed by atoms with Gasteiger partial charge in [-0.1, -0.05) is 77.3 Å². The van der Waals surface area contributed by atoms with E-state index in [0.29, 0.717) is 31.1 Å². The zero-order chi connectivity index (χ0) is 39.0. The van der Waals surface area contributed by atoms with Crippen LogP contribution >= 0.6 is 0 Å². The maximum atomic E-state index is 14.9. The SMILES string of the molecule is CC(CC(O)C1OC1(C)C1CCCC1c1cccc(N)c1)C1=C2CCC3C4(C)CC(c5cccc(O)c5)C(=O)C(C)(C)C4C(O)CC34CCCC(C1=O)C24C. The highest BCUT2D eigenvalue weighted by Gasteiger charge is 2.75. The minimum absolute atomic E-state index is 0.103. The summed E-state index contributed by atoms with van der Waals surface area (Å²) in [6, 6.07) is 15.4. The van der Waals surface area contributed by atoms with Crippen molar-refractivity contribution in [3.05, 3.63) is 70.8 Å².